The van der Waals surface area contributed by atoms with E-state index in [0.717, 1.165) is 12.1 Å². The van der Waals surface area contributed by atoms with Crippen molar-refractivity contribution in [3.05, 3.63) is 40.0 Å². The molecule has 0 saturated carbocycles. The van der Waals surface area contributed by atoms with Crippen LogP contribution < -0.4 is 4.74 Å². The summed E-state index contributed by atoms with van der Waals surface area (Å²) in [6.07, 6.45) is -4.56. The Morgan fingerprint density at radius 1 is 1.14 bits per heavy atom. The molecule has 9 heteroatoms. The molecule has 0 radical (unpaired) electrons. The first-order valence-corrected chi connectivity index (χ1v) is 6.60. The van der Waals surface area contributed by atoms with Crippen molar-refractivity contribution in [2.24, 2.45) is 0 Å². The topological polar surface area (TPSA) is 44.2 Å². The number of methoxy groups -OCH3 is 1. The van der Waals surface area contributed by atoms with Gasteiger partial charge in [-0.3, -0.25) is 0 Å². The average Bonchev–Trinajstić information content (AvgIpc) is 2.45. The standard InChI is InChI=1S/C13H9Cl2F3N2O2/c1-21-6-22-10-5-7(13(16,17)18)4-8(14)12(10)9-2-3-11(15)20-19-9/h2-5H,6H2,1H3. The van der Waals surface area contributed by atoms with Crippen molar-refractivity contribution in [2.45, 2.75) is 6.18 Å². The lowest BCUT2D eigenvalue weighted by Gasteiger charge is -2.15. The Bertz CT molecular complexity index is 664. The summed E-state index contributed by atoms with van der Waals surface area (Å²) in [5, 5.41) is 7.41. The molecule has 0 aliphatic heterocycles. The van der Waals surface area contributed by atoms with E-state index in [0.29, 0.717) is 0 Å². The highest BCUT2D eigenvalue weighted by Crippen LogP contribution is 2.41. The van der Waals surface area contributed by atoms with Crippen molar-refractivity contribution in [3.8, 4) is 17.0 Å². The Labute approximate surface area is 133 Å². The summed E-state index contributed by atoms with van der Waals surface area (Å²) < 4.78 is 48.5. The smallest absolute Gasteiger partial charge is 0.416 e. The molecule has 1 heterocycles. The molecule has 2 aromatic rings. The number of hydrogen-bond donors (Lipinski definition) is 0. The molecule has 0 unspecified atom stereocenters. The third kappa shape index (κ3) is 3.79. The molecule has 0 aliphatic rings. The molecule has 0 aliphatic carbocycles. The van der Waals surface area contributed by atoms with Crippen molar-refractivity contribution in [1.82, 2.24) is 10.2 Å². The molecule has 0 N–H and O–H groups in total. The molecule has 0 spiro atoms. The van der Waals surface area contributed by atoms with E-state index in [1.165, 1.54) is 19.2 Å². The van der Waals surface area contributed by atoms with Crippen LogP contribution in [0.25, 0.3) is 11.3 Å². The summed E-state index contributed by atoms with van der Waals surface area (Å²) in [6.45, 7) is -0.244. The van der Waals surface area contributed by atoms with Gasteiger partial charge in [0.05, 0.1) is 21.8 Å². The minimum atomic E-state index is -4.56. The molecule has 22 heavy (non-hydrogen) atoms. The van der Waals surface area contributed by atoms with Gasteiger partial charge in [-0.15, -0.1) is 10.2 Å². The fraction of sp³-hybridized carbons (Fsp3) is 0.231. The van der Waals surface area contributed by atoms with E-state index in [9.17, 15) is 13.2 Å². The summed E-state index contributed by atoms with van der Waals surface area (Å²) in [7, 11) is 1.34. The van der Waals surface area contributed by atoms with Crippen LogP contribution in [0.2, 0.25) is 10.2 Å². The van der Waals surface area contributed by atoms with Crippen LogP contribution in [0.3, 0.4) is 0 Å². The number of alkyl halides is 3. The summed E-state index contributed by atoms with van der Waals surface area (Å²) >= 11 is 11.6. The third-order valence-electron chi connectivity index (χ3n) is 2.60. The largest absolute Gasteiger partial charge is 0.467 e. The van der Waals surface area contributed by atoms with Gasteiger partial charge in [0.2, 0.25) is 0 Å². The minimum absolute atomic E-state index is 0.113. The monoisotopic (exact) mass is 352 g/mol. The normalized spacial score (nSPS) is 11.5. The zero-order valence-electron chi connectivity index (χ0n) is 11.1. The van der Waals surface area contributed by atoms with Crippen molar-refractivity contribution >= 4 is 23.2 Å². The second-order valence-electron chi connectivity index (χ2n) is 4.12. The molecule has 0 fully saturated rings. The third-order valence-corrected chi connectivity index (χ3v) is 3.10. The van der Waals surface area contributed by atoms with Crippen LogP contribution in [-0.2, 0) is 10.9 Å². The van der Waals surface area contributed by atoms with Crippen LogP contribution in [0.15, 0.2) is 24.3 Å². The number of ether oxygens (including phenoxy) is 2. The zero-order valence-corrected chi connectivity index (χ0v) is 12.6. The van der Waals surface area contributed by atoms with E-state index < -0.39 is 11.7 Å². The fourth-order valence-electron chi connectivity index (χ4n) is 1.68. The van der Waals surface area contributed by atoms with E-state index in [1.54, 1.807) is 0 Å². The van der Waals surface area contributed by atoms with Gasteiger partial charge in [0.25, 0.3) is 0 Å². The van der Waals surface area contributed by atoms with Gasteiger partial charge >= 0.3 is 6.18 Å². The van der Waals surface area contributed by atoms with Crippen molar-refractivity contribution < 1.29 is 22.6 Å². The Morgan fingerprint density at radius 2 is 1.86 bits per heavy atom. The highest BCUT2D eigenvalue weighted by Gasteiger charge is 2.33. The van der Waals surface area contributed by atoms with Crippen LogP contribution in [0.5, 0.6) is 5.75 Å². The zero-order chi connectivity index (χ0) is 16.3. The number of halogens is 5. The summed E-state index contributed by atoms with van der Waals surface area (Å²) in [5.41, 5.74) is -0.528. The van der Waals surface area contributed by atoms with Gasteiger partial charge < -0.3 is 9.47 Å². The van der Waals surface area contributed by atoms with Crippen LogP contribution >= 0.6 is 23.2 Å². The van der Waals surface area contributed by atoms with Crippen LogP contribution in [0.1, 0.15) is 5.56 Å². The highest BCUT2D eigenvalue weighted by atomic mass is 35.5. The Hall–Kier alpha value is -1.57. The molecule has 2 rings (SSSR count). The van der Waals surface area contributed by atoms with E-state index in [1.807, 2.05) is 0 Å². The highest BCUT2D eigenvalue weighted by molar-refractivity contribution is 6.33. The fourth-order valence-corrected chi connectivity index (χ4v) is 2.09. The van der Waals surface area contributed by atoms with Crippen LogP contribution in [-0.4, -0.2) is 24.1 Å². The van der Waals surface area contributed by atoms with Gasteiger partial charge in [-0.05, 0) is 24.3 Å². The lowest BCUT2D eigenvalue weighted by molar-refractivity contribution is -0.137. The SMILES string of the molecule is COCOc1cc(C(F)(F)F)cc(Cl)c1-c1ccc(Cl)nn1. The lowest BCUT2D eigenvalue weighted by atomic mass is 10.1. The molecule has 0 atom stereocenters. The summed E-state index contributed by atoms with van der Waals surface area (Å²) in [5.74, 6) is -0.113. The van der Waals surface area contributed by atoms with Gasteiger partial charge in [0.1, 0.15) is 5.75 Å². The maximum atomic E-state index is 12.9. The Kier molecular flexibility index (Phi) is 5.10. The number of nitrogens with zero attached hydrogens (tertiary/aromatic N) is 2. The van der Waals surface area contributed by atoms with Gasteiger partial charge in [0, 0.05) is 7.11 Å². The minimum Gasteiger partial charge on any atom is -0.467 e. The van der Waals surface area contributed by atoms with Crippen LogP contribution in [0, 0.1) is 0 Å². The molecular weight excluding hydrogens is 344 g/mol. The molecule has 118 valence electrons. The van der Waals surface area contributed by atoms with Gasteiger partial charge in [-0.1, -0.05) is 23.2 Å². The van der Waals surface area contributed by atoms with Gasteiger partial charge in [-0.25, -0.2) is 0 Å². The van der Waals surface area contributed by atoms with E-state index in [-0.39, 0.29) is 34.0 Å². The first-order valence-electron chi connectivity index (χ1n) is 5.85. The van der Waals surface area contributed by atoms with Gasteiger partial charge in [0.15, 0.2) is 11.9 Å². The Morgan fingerprint density at radius 3 is 2.41 bits per heavy atom. The molecule has 0 bridgehead atoms. The Balaban J connectivity index is 2.58. The maximum Gasteiger partial charge on any atom is 0.416 e. The lowest BCUT2D eigenvalue weighted by Crippen LogP contribution is -2.08. The molecule has 1 aromatic heterocycles. The molecule has 1 aromatic carbocycles. The second-order valence-corrected chi connectivity index (χ2v) is 4.92. The maximum absolute atomic E-state index is 12.9. The first-order chi connectivity index (χ1) is 10.3. The molecule has 4 nitrogen and oxygen atoms in total. The molecule has 0 saturated heterocycles. The number of aromatic nitrogens is 2. The van der Waals surface area contributed by atoms with Gasteiger partial charge in [-0.2, -0.15) is 13.2 Å². The van der Waals surface area contributed by atoms with Crippen molar-refractivity contribution in [3.63, 3.8) is 0 Å². The predicted octanol–water partition coefficient (Wildman–Crippen LogP) is 4.45. The molecular formula is C13H9Cl2F3N2O2. The number of hydrogen-bond acceptors (Lipinski definition) is 4. The average molecular weight is 353 g/mol. The predicted molar refractivity (Wildman–Crippen MR) is 75.0 cm³/mol. The number of rotatable bonds is 4. The van der Waals surface area contributed by atoms with Crippen molar-refractivity contribution in [2.75, 3.05) is 13.9 Å². The molecule has 0 amide bonds. The van der Waals surface area contributed by atoms with E-state index >= 15 is 0 Å². The summed E-state index contributed by atoms with van der Waals surface area (Å²) in [6, 6.07) is 4.55. The summed E-state index contributed by atoms with van der Waals surface area (Å²) in [4.78, 5) is 0. The van der Waals surface area contributed by atoms with E-state index in [4.69, 9.17) is 32.7 Å². The van der Waals surface area contributed by atoms with Crippen LogP contribution in [0.4, 0.5) is 13.2 Å². The quantitative estimate of drug-likeness (QED) is 0.762. The first kappa shape index (κ1) is 16.8. The van der Waals surface area contributed by atoms with Crippen molar-refractivity contribution in [1.29, 1.82) is 0 Å². The second kappa shape index (κ2) is 6.68. The number of benzene rings is 1. The van der Waals surface area contributed by atoms with E-state index in [2.05, 4.69) is 10.2 Å².